The van der Waals surface area contributed by atoms with Crippen LogP contribution in [0.5, 0.6) is 0 Å². The number of halogens is 3. The fourth-order valence-electron chi connectivity index (χ4n) is 1.57. The van der Waals surface area contributed by atoms with Gasteiger partial charge in [-0.3, -0.25) is 4.79 Å². The van der Waals surface area contributed by atoms with E-state index in [2.05, 4.69) is 10.3 Å². The maximum absolute atomic E-state index is 13.8. The topological polar surface area (TPSA) is 62.2 Å². The average molecular weight is 319 g/mol. The largest absolute Gasteiger partial charge is 0.481 e. The van der Waals surface area contributed by atoms with Gasteiger partial charge in [0.15, 0.2) is 16.1 Å². The van der Waals surface area contributed by atoms with Gasteiger partial charge in [0.05, 0.1) is 18.7 Å². The van der Waals surface area contributed by atoms with Crippen molar-refractivity contribution in [3.8, 4) is 0 Å². The predicted octanol–water partition coefficient (Wildman–Crippen LogP) is 3.31. The summed E-state index contributed by atoms with van der Waals surface area (Å²) in [6.45, 7) is 0.249. The molecule has 0 aliphatic carbocycles. The van der Waals surface area contributed by atoms with Crippen molar-refractivity contribution in [1.29, 1.82) is 0 Å². The summed E-state index contributed by atoms with van der Waals surface area (Å²) in [5, 5.41) is 11.3. The van der Waals surface area contributed by atoms with Crippen LogP contribution >= 0.6 is 22.9 Å². The van der Waals surface area contributed by atoms with Crippen molar-refractivity contribution < 1.29 is 18.7 Å². The Morgan fingerprint density at radius 2 is 2.15 bits per heavy atom. The number of aliphatic carboxylic acids is 1. The van der Waals surface area contributed by atoms with Gasteiger partial charge >= 0.3 is 5.97 Å². The van der Waals surface area contributed by atoms with Crippen molar-refractivity contribution in [3.63, 3.8) is 0 Å². The molecule has 0 atom stereocenters. The van der Waals surface area contributed by atoms with Crippen LogP contribution in [-0.2, 0) is 17.8 Å². The van der Waals surface area contributed by atoms with Gasteiger partial charge in [-0.2, -0.15) is 0 Å². The standard InChI is InChI=1S/C12H9ClF2N2O2S/c13-12-17-5-7(20-12)4-16-8-2-1-6(3-9(18)19)10(14)11(8)15/h1-2,5,16H,3-4H2,(H,18,19). The Bertz CT molecular complexity index is 648. The second-order valence-corrected chi connectivity index (χ2v) is 5.60. The summed E-state index contributed by atoms with van der Waals surface area (Å²) >= 11 is 6.88. The lowest BCUT2D eigenvalue weighted by molar-refractivity contribution is -0.136. The minimum absolute atomic E-state index is 0.0406. The van der Waals surface area contributed by atoms with Gasteiger partial charge in [-0.1, -0.05) is 17.7 Å². The summed E-state index contributed by atoms with van der Waals surface area (Å²) in [5.41, 5.74) is -0.234. The van der Waals surface area contributed by atoms with Crippen LogP contribution in [0.2, 0.25) is 4.47 Å². The van der Waals surface area contributed by atoms with Crippen LogP contribution in [0.15, 0.2) is 18.3 Å². The maximum Gasteiger partial charge on any atom is 0.307 e. The zero-order valence-electron chi connectivity index (χ0n) is 9.99. The normalized spacial score (nSPS) is 10.6. The molecule has 1 aromatic carbocycles. The molecule has 0 radical (unpaired) electrons. The first-order valence-electron chi connectivity index (χ1n) is 5.50. The van der Waals surface area contributed by atoms with E-state index in [0.717, 1.165) is 4.88 Å². The minimum Gasteiger partial charge on any atom is -0.481 e. The average Bonchev–Trinajstić information content (AvgIpc) is 2.79. The van der Waals surface area contributed by atoms with Crippen LogP contribution < -0.4 is 5.32 Å². The van der Waals surface area contributed by atoms with Crippen molar-refractivity contribution in [3.05, 3.63) is 44.9 Å². The van der Waals surface area contributed by atoms with E-state index in [0.29, 0.717) is 4.47 Å². The lowest BCUT2D eigenvalue weighted by atomic mass is 10.1. The highest BCUT2D eigenvalue weighted by atomic mass is 35.5. The molecule has 0 aliphatic heterocycles. The molecule has 0 fully saturated rings. The van der Waals surface area contributed by atoms with Crippen molar-refractivity contribution >= 4 is 34.6 Å². The van der Waals surface area contributed by atoms with E-state index in [1.807, 2.05) is 0 Å². The van der Waals surface area contributed by atoms with Crippen LogP contribution in [0.1, 0.15) is 10.4 Å². The molecule has 0 saturated heterocycles. The number of benzene rings is 1. The molecule has 8 heteroatoms. The van der Waals surface area contributed by atoms with Gasteiger partial charge in [-0.05, 0) is 6.07 Å². The summed E-state index contributed by atoms with van der Waals surface area (Å²) in [6.07, 6.45) is 0.973. The van der Waals surface area contributed by atoms with Gasteiger partial charge < -0.3 is 10.4 Å². The lowest BCUT2D eigenvalue weighted by Crippen LogP contribution is -2.07. The molecule has 0 bridgehead atoms. The Kier molecular flexibility index (Phi) is 4.51. The number of nitrogens with zero attached hydrogens (tertiary/aromatic N) is 1. The van der Waals surface area contributed by atoms with E-state index in [1.54, 1.807) is 0 Å². The molecule has 20 heavy (non-hydrogen) atoms. The minimum atomic E-state index is -1.22. The van der Waals surface area contributed by atoms with Crippen molar-refractivity contribution in [2.45, 2.75) is 13.0 Å². The second-order valence-electron chi connectivity index (χ2n) is 3.90. The number of carbonyl (C=O) groups is 1. The highest BCUT2D eigenvalue weighted by molar-refractivity contribution is 7.15. The fourth-order valence-corrected chi connectivity index (χ4v) is 2.49. The van der Waals surface area contributed by atoms with Crippen LogP contribution in [-0.4, -0.2) is 16.1 Å². The molecule has 2 aromatic rings. The molecule has 4 nitrogen and oxygen atoms in total. The number of hydrogen-bond acceptors (Lipinski definition) is 4. The third kappa shape index (κ3) is 3.43. The first-order valence-corrected chi connectivity index (χ1v) is 6.69. The molecular formula is C12H9ClF2N2O2S. The quantitative estimate of drug-likeness (QED) is 0.888. The molecule has 0 saturated carbocycles. The van der Waals surface area contributed by atoms with E-state index in [-0.39, 0.29) is 17.8 Å². The molecule has 0 unspecified atom stereocenters. The number of aromatic nitrogens is 1. The van der Waals surface area contributed by atoms with Gasteiger partial charge in [-0.25, -0.2) is 13.8 Å². The van der Waals surface area contributed by atoms with Gasteiger partial charge in [0.25, 0.3) is 0 Å². The van der Waals surface area contributed by atoms with Crippen LogP contribution in [0.4, 0.5) is 14.5 Å². The number of carboxylic acids is 1. The first kappa shape index (κ1) is 14.7. The zero-order chi connectivity index (χ0) is 14.7. The molecule has 0 spiro atoms. The second kappa shape index (κ2) is 6.15. The Labute approximate surface area is 122 Å². The number of thiazole rings is 1. The Hall–Kier alpha value is -1.73. The fraction of sp³-hybridized carbons (Fsp3) is 0.167. The summed E-state index contributed by atoms with van der Waals surface area (Å²) in [5.74, 6) is -3.47. The summed E-state index contributed by atoms with van der Waals surface area (Å²) in [4.78, 5) is 15.1. The van der Waals surface area contributed by atoms with E-state index in [4.69, 9.17) is 16.7 Å². The van der Waals surface area contributed by atoms with Gasteiger partial charge in [0.1, 0.15) is 0 Å². The van der Waals surface area contributed by atoms with Gasteiger partial charge in [0.2, 0.25) is 0 Å². The number of rotatable bonds is 5. The number of nitrogens with one attached hydrogen (secondary N) is 1. The highest BCUT2D eigenvalue weighted by Gasteiger charge is 2.15. The van der Waals surface area contributed by atoms with Crippen LogP contribution in [0.3, 0.4) is 0 Å². The molecule has 2 rings (SSSR count). The zero-order valence-corrected chi connectivity index (χ0v) is 11.6. The first-order chi connectivity index (χ1) is 9.47. The number of anilines is 1. The third-order valence-electron chi connectivity index (χ3n) is 2.48. The smallest absolute Gasteiger partial charge is 0.307 e. The van der Waals surface area contributed by atoms with E-state index in [9.17, 15) is 13.6 Å². The maximum atomic E-state index is 13.8. The van der Waals surface area contributed by atoms with E-state index < -0.39 is 24.0 Å². The lowest BCUT2D eigenvalue weighted by Gasteiger charge is -2.09. The van der Waals surface area contributed by atoms with E-state index in [1.165, 1.54) is 29.7 Å². The Balaban J connectivity index is 2.12. The SMILES string of the molecule is O=C(O)Cc1ccc(NCc2cnc(Cl)s2)c(F)c1F. The molecular weight excluding hydrogens is 310 g/mol. The van der Waals surface area contributed by atoms with Gasteiger partial charge in [0, 0.05) is 16.6 Å². The van der Waals surface area contributed by atoms with Crippen molar-refractivity contribution in [2.75, 3.05) is 5.32 Å². The Morgan fingerprint density at radius 1 is 1.40 bits per heavy atom. The highest BCUT2D eigenvalue weighted by Crippen LogP contribution is 2.23. The summed E-state index contributed by atoms with van der Waals surface area (Å²) in [7, 11) is 0. The van der Waals surface area contributed by atoms with Crippen LogP contribution in [0, 0.1) is 11.6 Å². The monoisotopic (exact) mass is 318 g/mol. The summed E-state index contributed by atoms with van der Waals surface area (Å²) < 4.78 is 27.8. The molecule has 0 aliphatic rings. The predicted molar refractivity (Wildman–Crippen MR) is 72.1 cm³/mol. The van der Waals surface area contributed by atoms with Gasteiger partial charge in [-0.15, -0.1) is 11.3 Å². The number of hydrogen-bond donors (Lipinski definition) is 2. The van der Waals surface area contributed by atoms with Crippen molar-refractivity contribution in [1.82, 2.24) is 4.98 Å². The Morgan fingerprint density at radius 3 is 2.75 bits per heavy atom. The third-order valence-corrected chi connectivity index (χ3v) is 3.60. The molecule has 106 valence electrons. The van der Waals surface area contributed by atoms with E-state index >= 15 is 0 Å². The molecule has 2 N–H and O–H groups in total. The summed E-state index contributed by atoms with van der Waals surface area (Å²) in [6, 6.07) is 2.55. The molecule has 0 amide bonds. The molecule has 1 heterocycles. The van der Waals surface area contributed by atoms with Crippen molar-refractivity contribution in [2.24, 2.45) is 0 Å². The van der Waals surface area contributed by atoms with Crippen LogP contribution in [0.25, 0.3) is 0 Å². The number of carboxylic acid groups (broad SMARTS) is 1. The molecule has 1 aromatic heterocycles.